The average molecular weight is 260 g/mol. The highest BCUT2D eigenvalue weighted by atomic mass is 16.2. The van der Waals surface area contributed by atoms with Crippen LogP contribution in [0.15, 0.2) is 24.3 Å². The van der Waals surface area contributed by atoms with Crippen LogP contribution in [-0.2, 0) is 11.2 Å². The third-order valence-corrected chi connectivity index (χ3v) is 3.86. The number of aryl methyl sites for hydroxylation is 1. The minimum Gasteiger partial charge on any atom is -0.338 e. The monoisotopic (exact) mass is 260 g/mol. The van der Waals surface area contributed by atoms with Crippen LogP contribution in [0.25, 0.3) is 0 Å². The van der Waals surface area contributed by atoms with Crippen LogP contribution in [0.1, 0.15) is 43.9 Å². The topological polar surface area (TPSA) is 32.3 Å². The minimum absolute atomic E-state index is 0.176. The molecule has 3 heteroatoms. The van der Waals surface area contributed by atoms with Crippen molar-refractivity contribution in [2.75, 3.05) is 13.6 Å². The zero-order chi connectivity index (χ0) is 13.8. The van der Waals surface area contributed by atoms with Crippen LogP contribution in [0.4, 0.5) is 0 Å². The molecular formula is C16H24N2O. The van der Waals surface area contributed by atoms with E-state index in [0.29, 0.717) is 12.6 Å². The second-order valence-corrected chi connectivity index (χ2v) is 5.65. The van der Waals surface area contributed by atoms with Crippen LogP contribution in [-0.4, -0.2) is 30.4 Å². The Hall–Kier alpha value is -1.35. The van der Waals surface area contributed by atoms with Gasteiger partial charge in [-0.3, -0.25) is 4.79 Å². The number of carbonyl (C=O) groups excluding carboxylic acids is 1. The summed E-state index contributed by atoms with van der Waals surface area (Å²) < 4.78 is 0. The van der Waals surface area contributed by atoms with Gasteiger partial charge in [-0.2, -0.15) is 0 Å². The van der Waals surface area contributed by atoms with Crippen molar-refractivity contribution in [1.29, 1.82) is 0 Å². The van der Waals surface area contributed by atoms with E-state index in [4.69, 9.17) is 0 Å². The molecule has 0 saturated heterocycles. The van der Waals surface area contributed by atoms with E-state index in [1.165, 1.54) is 11.1 Å². The standard InChI is InChI=1S/C16H24N2O/c1-12(2)17-11-16(19)18(3)15-10-6-8-13-7-4-5-9-14(13)15/h4-5,7,9,12,15,17H,6,8,10-11H2,1-3H3. The van der Waals surface area contributed by atoms with Crippen LogP contribution in [0.2, 0.25) is 0 Å². The number of benzene rings is 1. The maximum atomic E-state index is 12.2. The molecule has 0 aromatic heterocycles. The molecule has 104 valence electrons. The first-order valence-corrected chi connectivity index (χ1v) is 7.16. The molecule has 19 heavy (non-hydrogen) atoms. The van der Waals surface area contributed by atoms with Gasteiger partial charge in [-0.15, -0.1) is 0 Å². The van der Waals surface area contributed by atoms with Gasteiger partial charge in [0, 0.05) is 13.1 Å². The summed E-state index contributed by atoms with van der Waals surface area (Å²) in [5.74, 6) is 0.176. The summed E-state index contributed by atoms with van der Waals surface area (Å²) in [6, 6.07) is 9.10. The first-order chi connectivity index (χ1) is 9.09. The molecular weight excluding hydrogens is 236 g/mol. The van der Waals surface area contributed by atoms with E-state index in [1.807, 2.05) is 11.9 Å². The van der Waals surface area contributed by atoms with E-state index < -0.39 is 0 Å². The molecule has 1 aromatic carbocycles. The Labute approximate surface area is 116 Å². The summed E-state index contributed by atoms with van der Waals surface area (Å²) in [6.45, 7) is 4.54. The lowest BCUT2D eigenvalue weighted by Gasteiger charge is -2.33. The van der Waals surface area contributed by atoms with Gasteiger partial charge in [0.25, 0.3) is 0 Å². The van der Waals surface area contributed by atoms with Gasteiger partial charge in [-0.25, -0.2) is 0 Å². The Bertz CT molecular complexity index is 442. The quantitative estimate of drug-likeness (QED) is 0.902. The summed E-state index contributed by atoms with van der Waals surface area (Å²) in [6.07, 6.45) is 3.37. The molecule has 0 fully saturated rings. The lowest BCUT2D eigenvalue weighted by molar-refractivity contribution is -0.131. The third-order valence-electron chi connectivity index (χ3n) is 3.86. The number of hydrogen-bond acceptors (Lipinski definition) is 2. The molecule has 1 aliphatic rings. The van der Waals surface area contributed by atoms with Gasteiger partial charge in [0.05, 0.1) is 12.6 Å². The van der Waals surface area contributed by atoms with E-state index in [1.54, 1.807) is 0 Å². The van der Waals surface area contributed by atoms with Gasteiger partial charge >= 0.3 is 0 Å². The largest absolute Gasteiger partial charge is 0.338 e. The summed E-state index contributed by atoms with van der Waals surface area (Å²) in [5, 5.41) is 3.20. The Kier molecular flexibility index (Phi) is 4.59. The first kappa shape index (κ1) is 14.1. The molecule has 2 rings (SSSR count). The molecule has 3 nitrogen and oxygen atoms in total. The number of likely N-dealkylation sites (N-methyl/N-ethyl adjacent to an activating group) is 1. The molecule has 1 unspecified atom stereocenters. The van der Waals surface area contributed by atoms with E-state index in [2.05, 4.69) is 43.4 Å². The van der Waals surface area contributed by atoms with Crippen LogP contribution < -0.4 is 5.32 Å². The number of nitrogens with zero attached hydrogens (tertiary/aromatic N) is 1. The van der Waals surface area contributed by atoms with Crippen LogP contribution >= 0.6 is 0 Å². The molecule has 1 N–H and O–H groups in total. The molecule has 0 radical (unpaired) electrons. The predicted molar refractivity (Wildman–Crippen MR) is 78.0 cm³/mol. The van der Waals surface area contributed by atoms with E-state index >= 15 is 0 Å². The maximum Gasteiger partial charge on any atom is 0.236 e. The Morgan fingerprint density at radius 2 is 2.16 bits per heavy atom. The molecule has 0 heterocycles. The fraction of sp³-hybridized carbons (Fsp3) is 0.562. The molecule has 0 bridgehead atoms. The highest BCUT2D eigenvalue weighted by Gasteiger charge is 2.26. The Morgan fingerprint density at radius 1 is 1.42 bits per heavy atom. The Balaban J connectivity index is 2.08. The molecule has 0 aliphatic heterocycles. The maximum absolute atomic E-state index is 12.2. The van der Waals surface area contributed by atoms with E-state index in [0.717, 1.165) is 19.3 Å². The summed E-state index contributed by atoms with van der Waals surface area (Å²) in [7, 11) is 1.93. The predicted octanol–water partition coefficient (Wildman–Crippen LogP) is 2.52. The highest BCUT2D eigenvalue weighted by molar-refractivity contribution is 5.78. The van der Waals surface area contributed by atoms with Crippen molar-refractivity contribution in [3.8, 4) is 0 Å². The number of amides is 1. The molecule has 0 saturated carbocycles. The van der Waals surface area contributed by atoms with Crippen molar-refractivity contribution in [2.24, 2.45) is 0 Å². The SMILES string of the molecule is CC(C)NCC(=O)N(C)C1CCCc2ccccc21. The molecule has 1 aliphatic carbocycles. The number of carbonyl (C=O) groups is 1. The summed E-state index contributed by atoms with van der Waals surface area (Å²) in [5.41, 5.74) is 2.73. The lowest BCUT2D eigenvalue weighted by atomic mass is 9.87. The number of fused-ring (bicyclic) bond motifs is 1. The van der Waals surface area contributed by atoms with E-state index in [-0.39, 0.29) is 11.9 Å². The summed E-state index contributed by atoms with van der Waals surface area (Å²) in [4.78, 5) is 14.1. The second-order valence-electron chi connectivity index (χ2n) is 5.65. The molecule has 1 atom stereocenters. The van der Waals surface area contributed by atoms with Gasteiger partial charge in [-0.1, -0.05) is 38.1 Å². The third kappa shape index (κ3) is 3.35. The van der Waals surface area contributed by atoms with Gasteiger partial charge in [0.2, 0.25) is 5.91 Å². The normalized spacial score (nSPS) is 18.2. The van der Waals surface area contributed by atoms with Crippen molar-refractivity contribution in [1.82, 2.24) is 10.2 Å². The van der Waals surface area contributed by atoms with Crippen molar-refractivity contribution in [3.05, 3.63) is 35.4 Å². The average Bonchev–Trinajstić information content (AvgIpc) is 2.43. The van der Waals surface area contributed by atoms with Gasteiger partial charge < -0.3 is 10.2 Å². The zero-order valence-corrected chi connectivity index (χ0v) is 12.1. The fourth-order valence-corrected chi connectivity index (χ4v) is 2.72. The van der Waals surface area contributed by atoms with Crippen LogP contribution in [0.5, 0.6) is 0 Å². The highest BCUT2D eigenvalue weighted by Crippen LogP contribution is 2.33. The lowest BCUT2D eigenvalue weighted by Crippen LogP contribution is -2.40. The van der Waals surface area contributed by atoms with Crippen molar-refractivity contribution < 1.29 is 4.79 Å². The fourth-order valence-electron chi connectivity index (χ4n) is 2.72. The molecule has 1 aromatic rings. The molecule has 1 amide bonds. The van der Waals surface area contributed by atoms with Crippen molar-refractivity contribution in [3.63, 3.8) is 0 Å². The van der Waals surface area contributed by atoms with Gasteiger partial charge in [-0.05, 0) is 30.4 Å². The van der Waals surface area contributed by atoms with Crippen LogP contribution in [0, 0.1) is 0 Å². The number of rotatable bonds is 4. The van der Waals surface area contributed by atoms with Crippen LogP contribution in [0.3, 0.4) is 0 Å². The van der Waals surface area contributed by atoms with Gasteiger partial charge in [0.1, 0.15) is 0 Å². The number of nitrogens with one attached hydrogen (secondary N) is 1. The summed E-state index contributed by atoms with van der Waals surface area (Å²) >= 11 is 0. The minimum atomic E-state index is 0.176. The first-order valence-electron chi connectivity index (χ1n) is 7.16. The number of hydrogen-bond donors (Lipinski definition) is 1. The van der Waals surface area contributed by atoms with E-state index in [9.17, 15) is 4.79 Å². The zero-order valence-electron chi connectivity index (χ0n) is 12.1. The Morgan fingerprint density at radius 3 is 2.89 bits per heavy atom. The molecule has 0 spiro atoms. The van der Waals surface area contributed by atoms with Gasteiger partial charge in [0.15, 0.2) is 0 Å². The smallest absolute Gasteiger partial charge is 0.236 e. The second kappa shape index (κ2) is 6.20. The van der Waals surface area contributed by atoms with Crippen molar-refractivity contribution in [2.45, 2.75) is 45.2 Å². The van der Waals surface area contributed by atoms with Crippen molar-refractivity contribution >= 4 is 5.91 Å².